The topological polar surface area (TPSA) is 17.6 Å². The number of aromatic nitrogens is 4. The van der Waals surface area contributed by atoms with Crippen molar-refractivity contribution in [3.63, 3.8) is 0 Å². The van der Waals surface area contributed by atoms with Gasteiger partial charge in [-0.15, -0.1) is 0 Å². The van der Waals surface area contributed by atoms with E-state index in [9.17, 15) is 0 Å². The number of benzene rings is 2. The molecular formula is C23H26Br2N4. The zero-order valence-corrected chi connectivity index (χ0v) is 19.6. The highest BCUT2D eigenvalue weighted by atomic mass is 79.9. The van der Waals surface area contributed by atoms with Crippen molar-refractivity contribution in [3.8, 4) is 0 Å². The van der Waals surface area contributed by atoms with Gasteiger partial charge in [-0.3, -0.25) is 0 Å². The molecule has 0 bridgehead atoms. The first kappa shape index (κ1) is 23.1. The second-order valence-electron chi connectivity index (χ2n) is 6.83. The summed E-state index contributed by atoms with van der Waals surface area (Å²) in [6.07, 6.45) is 9.37. The van der Waals surface area contributed by atoms with E-state index in [0.717, 1.165) is 32.6 Å². The average molecular weight is 518 g/mol. The van der Waals surface area contributed by atoms with Gasteiger partial charge in [-0.05, 0) is 24.3 Å². The third-order valence-corrected chi connectivity index (χ3v) is 5.01. The maximum Gasteiger partial charge on any atom is 0.245 e. The fourth-order valence-corrected chi connectivity index (χ4v) is 3.82. The molecule has 0 fully saturated rings. The van der Waals surface area contributed by atoms with E-state index in [1.165, 1.54) is 22.1 Å². The van der Waals surface area contributed by atoms with Crippen molar-refractivity contribution in [2.45, 2.75) is 32.6 Å². The van der Waals surface area contributed by atoms with Gasteiger partial charge < -0.3 is 34.0 Å². The minimum absolute atomic E-state index is 0. The van der Waals surface area contributed by atoms with Gasteiger partial charge in [-0.1, -0.05) is 49.6 Å². The van der Waals surface area contributed by atoms with Gasteiger partial charge in [0, 0.05) is 6.42 Å². The first-order valence-electron chi connectivity index (χ1n) is 9.48. The van der Waals surface area contributed by atoms with Crippen LogP contribution >= 0.6 is 0 Å². The summed E-state index contributed by atoms with van der Waals surface area (Å²) in [6, 6.07) is 17.1. The predicted molar refractivity (Wildman–Crippen MR) is 109 cm³/mol. The van der Waals surface area contributed by atoms with Crippen LogP contribution in [0.25, 0.3) is 22.1 Å². The lowest BCUT2D eigenvalue weighted by Crippen LogP contribution is -3.00. The normalized spacial score (nSPS) is 10.5. The van der Waals surface area contributed by atoms with Crippen LogP contribution in [0.4, 0.5) is 0 Å². The number of aryl methyl sites for hydroxylation is 2. The number of halogens is 2. The number of para-hydroxylation sites is 4. The van der Waals surface area contributed by atoms with Crippen molar-refractivity contribution >= 4 is 22.1 Å². The van der Waals surface area contributed by atoms with Crippen LogP contribution in [0.3, 0.4) is 0 Å². The molecule has 4 nitrogen and oxygen atoms in total. The molecule has 0 aliphatic carbocycles. The highest BCUT2D eigenvalue weighted by Gasteiger charge is 2.16. The molecule has 0 saturated carbocycles. The predicted octanol–water partition coefficient (Wildman–Crippen LogP) is -2.36. The zero-order chi connectivity index (χ0) is 18.6. The minimum atomic E-state index is 0. The molecule has 0 atom stereocenters. The zero-order valence-electron chi connectivity index (χ0n) is 16.4. The summed E-state index contributed by atoms with van der Waals surface area (Å²) in [6.45, 7) is 11.4. The van der Waals surface area contributed by atoms with E-state index in [4.69, 9.17) is 0 Å². The molecule has 0 radical (unpaired) electrons. The molecule has 0 aliphatic rings. The summed E-state index contributed by atoms with van der Waals surface area (Å²) in [5.74, 6) is 0. The highest BCUT2D eigenvalue weighted by Crippen LogP contribution is 2.12. The monoisotopic (exact) mass is 516 g/mol. The Kier molecular flexibility index (Phi) is 8.41. The lowest BCUT2D eigenvalue weighted by molar-refractivity contribution is -0.703. The Morgan fingerprint density at radius 2 is 1.10 bits per heavy atom. The van der Waals surface area contributed by atoms with Crippen molar-refractivity contribution in [1.82, 2.24) is 9.13 Å². The van der Waals surface area contributed by atoms with Gasteiger partial charge in [0.15, 0.2) is 22.1 Å². The summed E-state index contributed by atoms with van der Waals surface area (Å²) in [5.41, 5.74) is 5.07. The second kappa shape index (κ2) is 10.6. The van der Waals surface area contributed by atoms with E-state index in [0.29, 0.717) is 0 Å². The molecule has 152 valence electrons. The SMILES string of the molecule is C=CCn1c[n+](CCC[n+]2cn(CC=C)c3ccccc32)c2ccccc21.[Br-].[Br-]. The first-order valence-corrected chi connectivity index (χ1v) is 9.48. The van der Waals surface area contributed by atoms with Gasteiger partial charge in [0.2, 0.25) is 12.7 Å². The second-order valence-corrected chi connectivity index (χ2v) is 6.83. The molecule has 0 saturated heterocycles. The molecule has 2 aromatic carbocycles. The Hall–Kier alpha value is -2.18. The smallest absolute Gasteiger partial charge is 0.245 e. The van der Waals surface area contributed by atoms with E-state index < -0.39 is 0 Å². The van der Waals surface area contributed by atoms with Gasteiger partial charge in [-0.25, -0.2) is 18.3 Å². The molecule has 4 aromatic rings. The summed E-state index contributed by atoms with van der Waals surface area (Å²) in [7, 11) is 0. The van der Waals surface area contributed by atoms with Gasteiger partial charge in [-0.2, -0.15) is 0 Å². The van der Waals surface area contributed by atoms with E-state index >= 15 is 0 Å². The van der Waals surface area contributed by atoms with E-state index in [-0.39, 0.29) is 34.0 Å². The number of imidazole rings is 2. The summed E-state index contributed by atoms with van der Waals surface area (Å²) < 4.78 is 9.21. The highest BCUT2D eigenvalue weighted by molar-refractivity contribution is 5.72. The number of hydrogen-bond acceptors (Lipinski definition) is 0. The number of hydrogen-bond donors (Lipinski definition) is 0. The molecule has 0 amide bonds. The minimum Gasteiger partial charge on any atom is -1.00 e. The molecule has 0 spiro atoms. The maximum absolute atomic E-state index is 3.88. The van der Waals surface area contributed by atoms with Crippen molar-refractivity contribution < 1.29 is 43.1 Å². The van der Waals surface area contributed by atoms with Crippen LogP contribution in [0.15, 0.2) is 86.5 Å². The van der Waals surface area contributed by atoms with Crippen LogP contribution in [0.5, 0.6) is 0 Å². The van der Waals surface area contributed by atoms with Gasteiger partial charge >= 0.3 is 0 Å². The summed E-state index contributed by atoms with van der Waals surface area (Å²) in [5, 5.41) is 0. The molecule has 6 heteroatoms. The van der Waals surface area contributed by atoms with E-state index in [1.54, 1.807) is 0 Å². The Balaban J connectivity index is 0.00000150. The summed E-state index contributed by atoms with van der Waals surface area (Å²) in [4.78, 5) is 0. The van der Waals surface area contributed by atoms with Crippen LogP contribution in [-0.2, 0) is 26.2 Å². The molecule has 29 heavy (non-hydrogen) atoms. The molecule has 0 aliphatic heterocycles. The lowest BCUT2D eigenvalue weighted by atomic mass is 10.3. The van der Waals surface area contributed by atoms with Crippen LogP contribution in [0, 0.1) is 0 Å². The number of fused-ring (bicyclic) bond motifs is 2. The summed E-state index contributed by atoms with van der Waals surface area (Å²) >= 11 is 0. The quantitative estimate of drug-likeness (QED) is 0.184. The van der Waals surface area contributed by atoms with Crippen LogP contribution < -0.4 is 43.1 Å². The van der Waals surface area contributed by atoms with E-state index in [2.05, 4.69) is 92.6 Å². The number of nitrogens with zero attached hydrogens (tertiary/aromatic N) is 4. The standard InChI is InChI=1S/C23H26N4.2BrH/c1-3-14-24-18-26(22-12-7-5-10-20(22)24)16-9-17-27-19-25(15-4-2)21-11-6-8-13-23(21)27;;/h3-8,10-13,18-19H,1-2,9,14-17H2;2*1H/q+2;;/p-2. The largest absolute Gasteiger partial charge is 1.00 e. The van der Waals surface area contributed by atoms with Crippen molar-refractivity contribution in [3.05, 3.63) is 86.5 Å². The van der Waals surface area contributed by atoms with E-state index in [1.807, 2.05) is 12.2 Å². The van der Waals surface area contributed by atoms with Gasteiger partial charge in [0.25, 0.3) is 0 Å². The van der Waals surface area contributed by atoms with Crippen LogP contribution in [-0.4, -0.2) is 9.13 Å². The molecule has 2 aromatic heterocycles. The molecule has 2 heterocycles. The Morgan fingerprint density at radius 1 is 0.690 bits per heavy atom. The Morgan fingerprint density at radius 3 is 1.52 bits per heavy atom. The fourth-order valence-electron chi connectivity index (χ4n) is 3.82. The third kappa shape index (κ3) is 4.70. The Labute approximate surface area is 192 Å². The Bertz CT molecular complexity index is 1020. The van der Waals surface area contributed by atoms with Gasteiger partial charge in [0.05, 0.1) is 13.1 Å². The van der Waals surface area contributed by atoms with Gasteiger partial charge in [0.1, 0.15) is 13.1 Å². The lowest BCUT2D eigenvalue weighted by Gasteiger charge is -1.98. The number of allylic oxidation sites excluding steroid dienone is 2. The van der Waals surface area contributed by atoms with Crippen molar-refractivity contribution in [2.24, 2.45) is 0 Å². The van der Waals surface area contributed by atoms with Crippen LogP contribution in [0.2, 0.25) is 0 Å². The molecule has 4 rings (SSSR count). The first-order chi connectivity index (χ1) is 13.3. The fraction of sp³-hybridized carbons (Fsp3) is 0.217. The molecule has 0 unspecified atom stereocenters. The average Bonchev–Trinajstić information content (AvgIpc) is 3.22. The maximum atomic E-state index is 3.88. The van der Waals surface area contributed by atoms with Crippen molar-refractivity contribution in [1.29, 1.82) is 0 Å². The van der Waals surface area contributed by atoms with Crippen molar-refractivity contribution in [2.75, 3.05) is 0 Å². The third-order valence-electron chi connectivity index (χ3n) is 5.01. The molecular weight excluding hydrogens is 492 g/mol. The molecule has 0 N–H and O–H groups in total. The number of rotatable bonds is 8. The van der Waals surface area contributed by atoms with Crippen LogP contribution in [0.1, 0.15) is 6.42 Å².